The Morgan fingerprint density at radius 2 is 1.96 bits per heavy atom. The van der Waals surface area contributed by atoms with Crippen LogP contribution in [0.5, 0.6) is 0 Å². The summed E-state index contributed by atoms with van der Waals surface area (Å²) in [6, 6.07) is 14.0. The fraction of sp³-hybridized carbons (Fsp3) is 0.158. The van der Waals surface area contributed by atoms with Gasteiger partial charge in [0.05, 0.1) is 11.8 Å². The molecule has 0 aliphatic rings. The number of carbonyl (C=O) groups excluding carboxylic acids is 1. The van der Waals surface area contributed by atoms with Crippen molar-refractivity contribution in [1.82, 2.24) is 4.98 Å². The summed E-state index contributed by atoms with van der Waals surface area (Å²) in [4.78, 5) is 17.3. The van der Waals surface area contributed by atoms with Crippen LogP contribution in [0.15, 0.2) is 64.0 Å². The third-order valence-electron chi connectivity index (χ3n) is 3.63. The van der Waals surface area contributed by atoms with Crippen molar-refractivity contribution in [2.24, 2.45) is 0 Å². The summed E-state index contributed by atoms with van der Waals surface area (Å²) >= 11 is 1.65. The van der Waals surface area contributed by atoms with E-state index in [0.717, 1.165) is 10.6 Å². The summed E-state index contributed by atoms with van der Waals surface area (Å²) in [5, 5.41) is 2.83. The maximum atomic E-state index is 13.7. The normalized spacial score (nSPS) is 10.6. The Bertz CT molecular complexity index is 862. The summed E-state index contributed by atoms with van der Waals surface area (Å²) in [6.45, 7) is 0. The van der Waals surface area contributed by atoms with Crippen LogP contribution in [0, 0.1) is 5.82 Å². The topological polar surface area (TPSA) is 55.1 Å². The molecule has 0 saturated heterocycles. The van der Waals surface area contributed by atoms with Gasteiger partial charge in [0.2, 0.25) is 5.91 Å². The van der Waals surface area contributed by atoms with Crippen LogP contribution in [0.4, 0.5) is 10.1 Å². The van der Waals surface area contributed by atoms with E-state index in [2.05, 4.69) is 10.3 Å². The number of nitrogens with zero attached hydrogens (tertiary/aromatic N) is 1. The van der Waals surface area contributed by atoms with Crippen molar-refractivity contribution in [2.45, 2.75) is 17.7 Å². The molecule has 4 nitrogen and oxygen atoms in total. The molecule has 2 aromatic carbocycles. The first-order valence-electron chi connectivity index (χ1n) is 7.79. The van der Waals surface area contributed by atoms with Crippen LogP contribution in [-0.4, -0.2) is 17.1 Å². The first-order chi connectivity index (χ1) is 12.2. The molecule has 0 spiro atoms. The zero-order valence-electron chi connectivity index (χ0n) is 13.7. The largest absolute Gasteiger partial charge is 0.441 e. The summed E-state index contributed by atoms with van der Waals surface area (Å²) in [5.41, 5.74) is 1.11. The van der Waals surface area contributed by atoms with Gasteiger partial charge in [-0.15, -0.1) is 11.8 Å². The predicted molar refractivity (Wildman–Crippen MR) is 97.1 cm³/mol. The van der Waals surface area contributed by atoms with Crippen molar-refractivity contribution in [3.63, 3.8) is 0 Å². The number of anilines is 1. The zero-order valence-corrected chi connectivity index (χ0v) is 14.5. The van der Waals surface area contributed by atoms with Crippen LogP contribution in [0.3, 0.4) is 0 Å². The number of aryl methyl sites for hydroxylation is 1. The molecule has 25 heavy (non-hydrogen) atoms. The predicted octanol–water partition coefficient (Wildman–Crippen LogP) is 4.77. The van der Waals surface area contributed by atoms with E-state index in [9.17, 15) is 9.18 Å². The van der Waals surface area contributed by atoms with Crippen LogP contribution in [-0.2, 0) is 11.2 Å². The lowest BCUT2D eigenvalue weighted by Crippen LogP contribution is -2.12. The van der Waals surface area contributed by atoms with Gasteiger partial charge in [-0.25, -0.2) is 9.37 Å². The van der Waals surface area contributed by atoms with Gasteiger partial charge in [0.15, 0.2) is 11.7 Å². The molecule has 0 atom stereocenters. The van der Waals surface area contributed by atoms with E-state index < -0.39 is 0 Å². The highest BCUT2D eigenvalue weighted by Crippen LogP contribution is 2.23. The molecule has 0 aliphatic carbocycles. The highest BCUT2D eigenvalue weighted by atomic mass is 32.2. The number of carbonyl (C=O) groups is 1. The van der Waals surface area contributed by atoms with E-state index in [1.54, 1.807) is 30.0 Å². The van der Waals surface area contributed by atoms with Crippen LogP contribution in [0.25, 0.3) is 11.3 Å². The minimum Gasteiger partial charge on any atom is -0.441 e. The molecule has 0 aliphatic heterocycles. The minimum absolute atomic E-state index is 0.123. The third kappa shape index (κ3) is 4.48. The number of benzene rings is 2. The molecule has 0 unspecified atom stereocenters. The second-order valence-electron chi connectivity index (χ2n) is 5.37. The Labute approximate surface area is 149 Å². The number of amides is 1. The molecular formula is C19H17FN2O2S. The molecule has 3 rings (SSSR count). The van der Waals surface area contributed by atoms with E-state index in [0.29, 0.717) is 23.6 Å². The van der Waals surface area contributed by atoms with Crippen LogP contribution < -0.4 is 5.32 Å². The van der Waals surface area contributed by atoms with Crippen LogP contribution in [0.2, 0.25) is 0 Å². The maximum absolute atomic E-state index is 13.7. The minimum atomic E-state index is -0.364. The van der Waals surface area contributed by atoms with E-state index in [1.807, 2.05) is 30.5 Å². The van der Waals surface area contributed by atoms with Crippen LogP contribution >= 0.6 is 11.8 Å². The fourth-order valence-corrected chi connectivity index (χ4v) is 2.74. The van der Waals surface area contributed by atoms with Crippen molar-refractivity contribution in [3.8, 4) is 11.3 Å². The Morgan fingerprint density at radius 1 is 1.20 bits per heavy atom. The summed E-state index contributed by atoms with van der Waals surface area (Å²) in [7, 11) is 0. The lowest BCUT2D eigenvalue weighted by atomic mass is 10.2. The Kier molecular flexibility index (Phi) is 5.50. The Balaban J connectivity index is 1.56. The van der Waals surface area contributed by atoms with Gasteiger partial charge < -0.3 is 9.73 Å². The highest BCUT2D eigenvalue weighted by Gasteiger charge is 2.12. The molecule has 0 saturated carbocycles. The second kappa shape index (κ2) is 7.98. The smallest absolute Gasteiger partial charge is 0.224 e. The van der Waals surface area contributed by atoms with Crippen molar-refractivity contribution >= 4 is 23.4 Å². The summed E-state index contributed by atoms with van der Waals surface area (Å²) in [6.07, 6.45) is 4.07. The van der Waals surface area contributed by atoms with Crippen LogP contribution in [0.1, 0.15) is 12.3 Å². The number of rotatable bonds is 6. The summed E-state index contributed by atoms with van der Waals surface area (Å²) < 4.78 is 19.3. The number of hydrogen-bond donors (Lipinski definition) is 1. The van der Waals surface area contributed by atoms with E-state index >= 15 is 0 Å². The standard InChI is InChI=1S/C19H17FN2O2S/c1-25-14-8-6-13(7-9-14)22-18(23)10-11-19-21-12-17(24-19)15-4-2-3-5-16(15)20/h2-9,12H,10-11H2,1H3,(H,22,23). The SMILES string of the molecule is CSc1ccc(NC(=O)CCc2ncc(-c3ccccc3F)o2)cc1. The molecule has 6 heteroatoms. The van der Waals surface area contributed by atoms with Gasteiger partial charge in [0, 0.05) is 23.4 Å². The van der Waals surface area contributed by atoms with Gasteiger partial charge in [-0.1, -0.05) is 12.1 Å². The van der Waals surface area contributed by atoms with Gasteiger partial charge in [-0.2, -0.15) is 0 Å². The molecule has 3 aromatic rings. The number of hydrogen-bond acceptors (Lipinski definition) is 4. The van der Waals surface area contributed by atoms with Gasteiger partial charge in [0.1, 0.15) is 5.82 Å². The van der Waals surface area contributed by atoms with Crippen molar-refractivity contribution in [3.05, 3.63) is 66.4 Å². The van der Waals surface area contributed by atoms with Crippen molar-refractivity contribution in [2.75, 3.05) is 11.6 Å². The Hall–Kier alpha value is -2.60. The lowest BCUT2D eigenvalue weighted by Gasteiger charge is -2.05. The average Bonchev–Trinajstić information content (AvgIpc) is 3.10. The molecule has 1 heterocycles. The molecule has 0 bridgehead atoms. The highest BCUT2D eigenvalue weighted by molar-refractivity contribution is 7.98. The number of thioether (sulfide) groups is 1. The summed E-state index contributed by atoms with van der Waals surface area (Å²) in [5.74, 6) is 0.284. The van der Waals surface area contributed by atoms with Crippen molar-refractivity contribution < 1.29 is 13.6 Å². The second-order valence-corrected chi connectivity index (χ2v) is 6.25. The van der Waals surface area contributed by atoms with Gasteiger partial charge in [0.25, 0.3) is 0 Å². The van der Waals surface area contributed by atoms with Gasteiger partial charge in [-0.05, 0) is 42.7 Å². The third-order valence-corrected chi connectivity index (χ3v) is 4.38. The van der Waals surface area contributed by atoms with Gasteiger partial charge in [-0.3, -0.25) is 4.79 Å². The lowest BCUT2D eigenvalue weighted by molar-refractivity contribution is -0.116. The number of nitrogens with one attached hydrogen (secondary N) is 1. The molecular weight excluding hydrogens is 339 g/mol. The maximum Gasteiger partial charge on any atom is 0.224 e. The number of aromatic nitrogens is 1. The zero-order chi connectivity index (χ0) is 17.6. The molecule has 1 aromatic heterocycles. The first-order valence-corrected chi connectivity index (χ1v) is 9.01. The van der Waals surface area contributed by atoms with E-state index in [1.165, 1.54) is 12.3 Å². The van der Waals surface area contributed by atoms with Gasteiger partial charge >= 0.3 is 0 Å². The molecule has 128 valence electrons. The monoisotopic (exact) mass is 356 g/mol. The van der Waals surface area contributed by atoms with Crippen molar-refractivity contribution in [1.29, 1.82) is 0 Å². The fourth-order valence-electron chi connectivity index (χ4n) is 2.33. The molecule has 0 radical (unpaired) electrons. The number of halogens is 1. The molecule has 1 N–H and O–H groups in total. The van der Waals surface area contributed by atoms with E-state index in [4.69, 9.17) is 4.42 Å². The first kappa shape index (κ1) is 17.2. The average molecular weight is 356 g/mol. The van der Waals surface area contributed by atoms with E-state index in [-0.39, 0.29) is 18.1 Å². The number of oxazole rings is 1. The Morgan fingerprint density at radius 3 is 2.68 bits per heavy atom. The quantitative estimate of drug-likeness (QED) is 0.646. The molecule has 0 fully saturated rings. The molecule has 1 amide bonds.